The molecule has 1 atom stereocenters. The second-order valence-electron chi connectivity index (χ2n) is 8.01. The summed E-state index contributed by atoms with van der Waals surface area (Å²) in [5, 5.41) is 8.41. The molecule has 5 rings (SSSR count). The Morgan fingerprint density at radius 2 is 1.91 bits per heavy atom. The van der Waals surface area contributed by atoms with Crippen molar-refractivity contribution in [2.24, 2.45) is 10.8 Å². The van der Waals surface area contributed by atoms with Gasteiger partial charge in [-0.15, -0.1) is 0 Å². The topological polar surface area (TPSA) is 121 Å². The molecule has 0 bridgehead atoms. The van der Waals surface area contributed by atoms with Crippen molar-refractivity contribution < 1.29 is 23.2 Å². The van der Waals surface area contributed by atoms with E-state index in [9.17, 15) is 18.8 Å². The molecule has 34 heavy (non-hydrogen) atoms. The van der Waals surface area contributed by atoms with Crippen molar-refractivity contribution in [2.45, 2.75) is 18.9 Å². The van der Waals surface area contributed by atoms with Crippen LogP contribution in [-0.2, 0) is 16.0 Å². The largest absolute Gasteiger partial charge is 0.472 e. The van der Waals surface area contributed by atoms with E-state index in [2.05, 4.69) is 10.4 Å². The Kier molecular flexibility index (Phi) is 5.33. The predicted molar refractivity (Wildman–Crippen MR) is 123 cm³/mol. The van der Waals surface area contributed by atoms with E-state index < -0.39 is 23.7 Å². The lowest BCUT2D eigenvalue weighted by Crippen LogP contribution is -2.39. The zero-order valence-electron chi connectivity index (χ0n) is 17.9. The molecule has 172 valence electrons. The first-order valence-electron chi connectivity index (χ1n) is 10.6. The standard InChI is InChI=1S/C24H20FN5O4/c25-16-1-4-18(5-2-16)30-21(22(26)31)12-19(28-30)23(32)27-17-3-6-20-14(11-17)7-9-29(20)24(33)15-8-10-34-13-15/h1-6,8,10-11,13,21H,7,9,12H2,(H2,26,31)(H,27,32). The van der Waals surface area contributed by atoms with E-state index in [4.69, 9.17) is 10.2 Å². The first-order chi connectivity index (χ1) is 16.4. The number of hydrazone groups is 1. The molecule has 0 saturated heterocycles. The molecule has 0 aliphatic carbocycles. The second-order valence-corrected chi connectivity index (χ2v) is 8.01. The summed E-state index contributed by atoms with van der Waals surface area (Å²) in [7, 11) is 0. The highest BCUT2D eigenvalue weighted by atomic mass is 19.1. The van der Waals surface area contributed by atoms with Gasteiger partial charge in [0.2, 0.25) is 5.91 Å². The Labute approximate surface area is 193 Å². The Balaban J connectivity index is 1.32. The number of nitrogens with one attached hydrogen (secondary N) is 1. The minimum absolute atomic E-state index is 0.0243. The fourth-order valence-electron chi connectivity index (χ4n) is 4.14. The molecule has 1 aromatic heterocycles. The maximum atomic E-state index is 13.3. The third kappa shape index (κ3) is 3.90. The lowest BCUT2D eigenvalue weighted by Gasteiger charge is -2.20. The summed E-state index contributed by atoms with van der Waals surface area (Å²) in [6, 6.07) is 11.5. The summed E-state index contributed by atoms with van der Waals surface area (Å²) in [6.45, 7) is 0.524. The smallest absolute Gasteiger partial charge is 0.271 e. The van der Waals surface area contributed by atoms with Gasteiger partial charge in [-0.2, -0.15) is 5.10 Å². The molecule has 9 nitrogen and oxygen atoms in total. The average Bonchev–Trinajstić information content (AvgIpc) is 3.58. The number of nitrogens with zero attached hydrogens (tertiary/aromatic N) is 3. The monoisotopic (exact) mass is 461 g/mol. The van der Waals surface area contributed by atoms with Crippen molar-refractivity contribution in [3.05, 3.63) is 78.0 Å². The number of primary amides is 1. The molecule has 2 aliphatic rings. The molecule has 3 amide bonds. The molecule has 3 heterocycles. The SMILES string of the molecule is NC(=O)C1CC(C(=O)Nc2ccc3c(c2)CCN3C(=O)c2ccoc2)=NN1c1ccc(F)cc1. The number of carbonyl (C=O) groups excluding carboxylic acids is 3. The van der Waals surface area contributed by atoms with Gasteiger partial charge in [-0.05, 0) is 60.5 Å². The van der Waals surface area contributed by atoms with Gasteiger partial charge in [0.1, 0.15) is 23.8 Å². The summed E-state index contributed by atoms with van der Waals surface area (Å²) in [5.74, 6) is -1.69. The van der Waals surface area contributed by atoms with Crippen molar-refractivity contribution in [2.75, 3.05) is 21.8 Å². The zero-order valence-corrected chi connectivity index (χ0v) is 17.9. The summed E-state index contributed by atoms with van der Waals surface area (Å²) in [6.07, 6.45) is 3.53. The number of nitrogens with two attached hydrogens (primary N) is 1. The van der Waals surface area contributed by atoms with Crippen LogP contribution in [0.4, 0.5) is 21.5 Å². The van der Waals surface area contributed by atoms with Crippen molar-refractivity contribution in [1.82, 2.24) is 0 Å². The molecule has 0 saturated carbocycles. The highest BCUT2D eigenvalue weighted by molar-refractivity contribution is 6.44. The van der Waals surface area contributed by atoms with Crippen LogP contribution < -0.4 is 21.0 Å². The number of carbonyl (C=O) groups is 3. The molecular formula is C24H20FN5O4. The van der Waals surface area contributed by atoms with E-state index in [0.29, 0.717) is 29.9 Å². The van der Waals surface area contributed by atoms with Crippen LogP contribution in [0.5, 0.6) is 0 Å². The van der Waals surface area contributed by atoms with Gasteiger partial charge in [-0.1, -0.05) is 0 Å². The van der Waals surface area contributed by atoms with Gasteiger partial charge < -0.3 is 20.4 Å². The number of rotatable bonds is 5. The van der Waals surface area contributed by atoms with Crippen LogP contribution in [0, 0.1) is 5.82 Å². The maximum Gasteiger partial charge on any atom is 0.271 e. The van der Waals surface area contributed by atoms with E-state index in [1.54, 1.807) is 23.1 Å². The second kappa shape index (κ2) is 8.47. The molecule has 0 spiro atoms. The number of benzene rings is 2. The Hall–Kier alpha value is -4.47. The fraction of sp³-hybridized carbons (Fsp3) is 0.167. The highest BCUT2D eigenvalue weighted by Crippen LogP contribution is 2.32. The Morgan fingerprint density at radius 3 is 2.62 bits per heavy atom. The number of halogens is 1. The maximum absolute atomic E-state index is 13.3. The molecule has 3 aromatic rings. The average molecular weight is 461 g/mol. The Morgan fingerprint density at radius 1 is 1.12 bits per heavy atom. The van der Waals surface area contributed by atoms with E-state index in [1.807, 2.05) is 6.07 Å². The van der Waals surface area contributed by atoms with Gasteiger partial charge in [0.15, 0.2) is 0 Å². The van der Waals surface area contributed by atoms with Crippen LogP contribution in [0.2, 0.25) is 0 Å². The molecular weight excluding hydrogens is 441 g/mol. The van der Waals surface area contributed by atoms with Gasteiger partial charge >= 0.3 is 0 Å². The van der Waals surface area contributed by atoms with Gasteiger partial charge in [-0.3, -0.25) is 19.4 Å². The van der Waals surface area contributed by atoms with Crippen LogP contribution in [0.3, 0.4) is 0 Å². The fourth-order valence-corrected chi connectivity index (χ4v) is 4.14. The first kappa shape index (κ1) is 21.4. The van der Waals surface area contributed by atoms with Crippen molar-refractivity contribution in [3.8, 4) is 0 Å². The number of hydrogen-bond donors (Lipinski definition) is 2. The summed E-state index contributed by atoms with van der Waals surface area (Å²) in [5.41, 5.74) is 8.80. The Bertz CT molecular complexity index is 1300. The minimum Gasteiger partial charge on any atom is -0.472 e. The van der Waals surface area contributed by atoms with Crippen LogP contribution in [0.15, 0.2) is 70.6 Å². The summed E-state index contributed by atoms with van der Waals surface area (Å²) in [4.78, 5) is 39.2. The van der Waals surface area contributed by atoms with Crippen LogP contribution in [0.1, 0.15) is 22.3 Å². The van der Waals surface area contributed by atoms with Crippen LogP contribution in [-0.4, -0.2) is 36.0 Å². The van der Waals surface area contributed by atoms with E-state index in [1.165, 1.54) is 41.8 Å². The molecule has 1 unspecified atom stereocenters. The lowest BCUT2D eigenvalue weighted by atomic mass is 10.1. The third-order valence-electron chi connectivity index (χ3n) is 5.84. The van der Waals surface area contributed by atoms with Crippen molar-refractivity contribution in [1.29, 1.82) is 0 Å². The molecule has 2 aromatic carbocycles. The number of amides is 3. The summed E-state index contributed by atoms with van der Waals surface area (Å²) < 4.78 is 18.3. The van der Waals surface area contributed by atoms with Gasteiger partial charge in [0, 0.05) is 24.3 Å². The molecule has 3 N–H and O–H groups in total. The number of anilines is 3. The van der Waals surface area contributed by atoms with E-state index in [-0.39, 0.29) is 18.0 Å². The van der Waals surface area contributed by atoms with Gasteiger partial charge in [0.05, 0.1) is 17.5 Å². The van der Waals surface area contributed by atoms with Crippen molar-refractivity contribution >= 4 is 40.5 Å². The van der Waals surface area contributed by atoms with Crippen LogP contribution in [0.25, 0.3) is 0 Å². The van der Waals surface area contributed by atoms with Gasteiger partial charge in [-0.25, -0.2) is 4.39 Å². The van der Waals surface area contributed by atoms with Crippen molar-refractivity contribution in [3.63, 3.8) is 0 Å². The predicted octanol–water partition coefficient (Wildman–Crippen LogP) is 2.68. The number of furan rings is 1. The summed E-state index contributed by atoms with van der Waals surface area (Å²) >= 11 is 0. The number of fused-ring (bicyclic) bond motifs is 1. The van der Waals surface area contributed by atoms with Crippen LogP contribution >= 0.6 is 0 Å². The molecule has 0 fully saturated rings. The molecule has 0 radical (unpaired) electrons. The minimum atomic E-state index is -0.853. The molecule has 2 aliphatic heterocycles. The normalized spacial score (nSPS) is 16.9. The molecule has 10 heteroatoms. The van der Waals surface area contributed by atoms with E-state index >= 15 is 0 Å². The third-order valence-corrected chi connectivity index (χ3v) is 5.84. The first-order valence-corrected chi connectivity index (χ1v) is 10.6. The van der Waals surface area contributed by atoms with Gasteiger partial charge in [0.25, 0.3) is 11.8 Å². The number of hydrogen-bond acceptors (Lipinski definition) is 6. The quantitative estimate of drug-likeness (QED) is 0.605. The van der Waals surface area contributed by atoms with E-state index in [0.717, 1.165) is 11.3 Å². The lowest BCUT2D eigenvalue weighted by molar-refractivity contribution is -0.119. The zero-order chi connectivity index (χ0) is 23.8. The highest BCUT2D eigenvalue weighted by Gasteiger charge is 2.35.